The Labute approximate surface area is 221 Å². The van der Waals surface area contributed by atoms with E-state index in [2.05, 4.69) is 9.80 Å². The number of carboxylic acids is 1. The van der Waals surface area contributed by atoms with E-state index in [4.69, 9.17) is 9.84 Å². The molecule has 0 radical (unpaired) electrons. The summed E-state index contributed by atoms with van der Waals surface area (Å²) in [5.74, 6) is 1.36. The number of carbonyl (C=O) groups is 2. The number of aliphatic carboxylic acids is 1. The van der Waals surface area contributed by atoms with Crippen molar-refractivity contribution < 1.29 is 19.4 Å². The zero-order valence-electron chi connectivity index (χ0n) is 22.1. The van der Waals surface area contributed by atoms with Crippen LogP contribution in [0.4, 0.5) is 10.5 Å². The van der Waals surface area contributed by atoms with Crippen molar-refractivity contribution in [2.45, 2.75) is 108 Å². The number of likely N-dealkylation sites (tertiary alicyclic amines) is 1. The molecule has 2 saturated carbocycles. The standard InChI is InChI=1S/C30H43N3O4/c34-29(35)20-37-28-11-5-10-25(19-28)33(30(36)31-12-1-2-13-31)27-17-23-8-4-9-24(18-27)32(23)26-15-21-6-3-7-22(14-21)16-26/h5,10-11,19,21-24,26-27H,1-4,6-9,12-18,20H2,(H,34,35)/t21-,22+,23-,24+,26?,27?. The number of rotatable bonds is 6. The van der Waals surface area contributed by atoms with E-state index >= 15 is 0 Å². The highest BCUT2D eigenvalue weighted by Crippen LogP contribution is 2.46. The summed E-state index contributed by atoms with van der Waals surface area (Å²) in [4.78, 5) is 32.0. The molecule has 1 aromatic carbocycles. The van der Waals surface area contributed by atoms with E-state index in [1.165, 1.54) is 57.8 Å². The molecular weight excluding hydrogens is 466 g/mol. The van der Waals surface area contributed by atoms with Gasteiger partial charge in [-0.25, -0.2) is 9.59 Å². The lowest BCUT2D eigenvalue weighted by molar-refractivity contribution is -0.139. The molecule has 202 valence electrons. The second-order valence-electron chi connectivity index (χ2n) is 12.4. The van der Waals surface area contributed by atoms with Gasteiger partial charge in [-0.15, -0.1) is 0 Å². The maximum absolute atomic E-state index is 14.0. The Morgan fingerprint density at radius 1 is 0.865 bits per heavy atom. The van der Waals surface area contributed by atoms with Crippen LogP contribution in [0.3, 0.4) is 0 Å². The number of piperidine rings is 2. The number of fused-ring (bicyclic) bond motifs is 4. The minimum Gasteiger partial charge on any atom is -0.482 e. The molecule has 3 aliphatic heterocycles. The van der Waals surface area contributed by atoms with Crippen LogP contribution in [0.1, 0.15) is 83.5 Å². The van der Waals surface area contributed by atoms with Gasteiger partial charge in [0.15, 0.2) is 6.61 Å². The number of ether oxygens (including phenoxy) is 1. The summed E-state index contributed by atoms with van der Waals surface area (Å²) in [6.45, 7) is 1.26. The van der Waals surface area contributed by atoms with E-state index in [9.17, 15) is 9.59 Å². The number of carboxylic acid groups (broad SMARTS) is 1. The summed E-state index contributed by atoms with van der Waals surface area (Å²) in [5.41, 5.74) is 0.837. The molecule has 3 saturated heterocycles. The van der Waals surface area contributed by atoms with E-state index in [0.29, 0.717) is 17.8 Å². The summed E-state index contributed by atoms with van der Waals surface area (Å²) in [7, 11) is 0. The third-order valence-corrected chi connectivity index (χ3v) is 9.94. The molecule has 0 aromatic heterocycles. The van der Waals surface area contributed by atoms with E-state index in [1.807, 2.05) is 23.1 Å². The summed E-state index contributed by atoms with van der Waals surface area (Å²) in [6, 6.07) is 9.64. The number of nitrogens with zero attached hydrogens (tertiary/aromatic N) is 3. The number of urea groups is 1. The predicted molar refractivity (Wildman–Crippen MR) is 143 cm³/mol. The Hall–Kier alpha value is -2.28. The number of amides is 2. The molecule has 6 atom stereocenters. The number of carbonyl (C=O) groups excluding carboxylic acids is 1. The highest BCUT2D eigenvalue weighted by atomic mass is 16.5. The molecule has 1 aromatic rings. The lowest BCUT2D eigenvalue weighted by atomic mass is 9.68. The van der Waals surface area contributed by atoms with Gasteiger partial charge in [-0.3, -0.25) is 9.80 Å². The van der Waals surface area contributed by atoms with Gasteiger partial charge in [0.2, 0.25) is 0 Å². The summed E-state index contributed by atoms with van der Waals surface area (Å²) >= 11 is 0. The van der Waals surface area contributed by atoms with E-state index < -0.39 is 5.97 Å². The molecule has 37 heavy (non-hydrogen) atoms. The van der Waals surface area contributed by atoms with Crippen LogP contribution in [0.2, 0.25) is 0 Å². The lowest BCUT2D eigenvalue weighted by Gasteiger charge is -2.56. The molecule has 3 heterocycles. The van der Waals surface area contributed by atoms with Crippen LogP contribution in [-0.2, 0) is 4.79 Å². The topological polar surface area (TPSA) is 73.3 Å². The van der Waals surface area contributed by atoms with Gasteiger partial charge in [0.05, 0.1) is 0 Å². The first-order valence-corrected chi connectivity index (χ1v) is 14.9. The Kier molecular flexibility index (Phi) is 7.33. The Morgan fingerprint density at radius 3 is 2.22 bits per heavy atom. The molecule has 7 heteroatoms. The third kappa shape index (κ3) is 5.34. The van der Waals surface area contributed by atoms with Crippen LogP contribution in [0.25, 0.3) is 0 Å². The Morgan fingerprint density at radius 2 is 1.54 bits per heavy atom. The number of hydrogen-bond acceptors (Lipinski definition) is 4. The van der Waals surface area contributed by atoms with E-state index in [1.54, 1.807) is 6.07 Å². The van der Waals surface area contributed by atoms with Crippen molar-refractivity contribution in [3.8, 4) is 5.75 Å². The van der Waals surface area contributed by atoms with Crippen LogP contribution in [0.15, 0.2) is 24.3 Å². The average Bonchev–Trinajstić information content (AvgIpc) is 3.42. The summed E-state index contributed by atoms with van der Waals surface area (Å²) in [6.07, 6.45) is 16.5. The number of anilines is 1. The molecule has 0 spiro atoms. The van der Waals surface area contributed by atoms with Crippen LogP contribution in [0.5, 0.6) is 5.75 Å². The third-order valence-electron chi connectivity index (χ3n) is 9.94. The molecule has 5 aliphatic rings. The average molecular weight is 510 g/mol. The fourth-order valence-electron chi connectivity index (χ4n) is 8.54. The number of benzene rings is 1. The molecule has 2 unspecified atom stereocenters. The van der Waals surface area contributed by atoms with Crippen molar-refractivity contribution in [1.29, 1.82) is 0 Å². The molecule has 2 aliphatic carbocycles. The van der Waals surface area contributed by atoms with Crippen molar-refractivity contribution in [1.82, 2.24) is 9.80 Å². The van der Waals surface area contributed by atoms with Crippen molar-refractivity contribution in [3.63, 3.8) is 0 Å². The number of hydrogen-bond donors (Lipinski definition) is 1. The van der Waals surface area contributed by atoms with Gasteiger partial charge in [0.1, 0.15) is 5.75 Å². The molecule has 6 rings (SSSR count). The van der Waals surface area contributed by atoms with Crippen molar-refractivity contribution >= 4 is 17.7 Å². The molecule has 1 N–H and O–H groups in total. The molecular formula is C30H43N3O4. The first kappa shape index (κ1) is 25.0. The SMILES string of the molecule is O=C(O)COc1cccc(N(C(=O)N2CCCC2)C2C[C@H]3CCC[C@@H](C2)N3C2C[C@H]3CCC[C@@H](C2)C3)c1. The van der Waals surface area contributed by atoms with Crippen molar-refractivity contribution in [2.24, 2.45) is 11.8 Å². The van der Waals surface area contributed by atoms with Gasteiger partial charge in [-0.1, -0.05) is 31.7 Å². The molecule has 4 bridgehead atoms. The van der Waals surface area contributed by atoms with Crippen LogP contribution in [-0.4, -0.2) is 70.8 Å². The van der Waals surface area contributed by atoms with Crippen molar-refractivity contribution in [2.75, 3.05) is 24.6 Å². The molecule has 5 fully saturated rings. The highest BCUT2D eigenvalue weighted by Gasteiger charge is 2.47. The zero-order chi connectivity index (χ0) is 25.4. The summed E-state index contributed by atoms with van der Waals surface area (Å²) in [5, 5.41) is 9.06. The molecule has 7 nitrogen and oxygen atoms in total. The zero-order valence-corrected chi connectivity index (χ0v) is 22.1. The van der Waals surface area contributed by atoms with Gasteiger partial charge < -0.3 is 14.7 Å². The van der Waals surface area contributed by atoms with Gasteiger partial charge in [0, 0.05) is 49.0 Å². The van der Waals surface area contributed by atoms with E-state index in [-0.39, 0.29) is 18.7 Å². The minimum absolute atomic E-state index is 0.108. The van der Waals surface area contributed by atoms with Gasteiger partial charge in [0.25, 0.3) is 0 Å². The quantitative estimate of drug-likeness (QED) is 0.546. The predicted octanol–water partition coefficient (Wildman–Crippen LogP) is 5.53. The van der Waals surface area contributed by atoms with Gasteiger partial charge in [-0.05, 0) is 81.8 Å². The maximum atomic E-state index is 14.0. The van der Waals surface area contributed by atoms with Crippen molar-refractivity contribution in [3.05, 3.63) is 24.3 Å². The lowest BCUT2D eigenvalue weighted by Crippen LogP contribution is -2.62. The Bertz CT molecular complexity index is 953. The van der Waals surface area contributed by atoms with Gasteiger partial charge >= 0.3 is 12.0 Å². The normalized spacial score (nSPS) is 33.7. The van der Waals surface area contributed by atoms with E-state index in [0.717, 1.165) is 62.3 Å². The minimum atomic E-state index is -0.998. The largest absolute Gasteiger partial charge is 0.482 e. The second-order valence-corrected chi connectivity index (χ2v) is 12.4. The fourth-order valence-corrected chi connectivity index (χ4v) is 8.54. The van der Waals surface area contributed by atoms with Gasteiger partial charge in [-0.2, -0.15) is 0 Å². The fraction of sp³-hybridized carbons (Fsp3) is 0.733. The first-order chi connectivity index (χ1) is 18.0. The summed E-state index contributed by atoms with van der Waals surface area (Å²) < 4.78 is 5.50. The maximum Gasteiger partial charge on any atom is 0.341 e. The highest BCUT2D eigenvalue weighted by molar-refractivity contribution is 5.93. The monoisotopic (exact) mass is 509 g/mol. The second kappa shape index (κ2) is 10.8. The Balaban J connectivity index is 1.25. The first-order valence-electron chi connectivity index (χ1n) is 14.9. The van der Waals surface area contributed by atoms with Crippen LogP contribution in [0, 0.1) is 11.8 Å². The van der Waals surface area contributed by atoms with Crippen LogP contribution >= 0.6 is 0 Å². The molecule has 2 amide bonds. The van der Waals surface area contributed by atoms with Crippen LogP contribution < -0.4 is 9.64 Å². The smallest absolute Gasteiger partial charge is 0.341 e.